The number of hydrogen-bond acceptors (Lipinski definition) is 5. The first kappa shape index (κ1) is 12.2. The maximum absolute atomic E-state index is 10.4. The first-order valence-electron chi connectivity index (χ1n) is 2.67. The zero-order chi connectivity index (χ0) is 10.2. The molecule has 0 amide bonds. The molecule has 9 heteroatoms. The average molecular weight is 236 g/mol. The highest BCUT2D eigenvalue weighted by Crippen LogP contribution is 2.14. The van der Waals surface area contributed by atoms with E-state index in [0.29, 0.717) is 0 Å². The lowest BCUT2D eigenvalue weighted by Gasteiger charge is -2.12. The van der Waals surface area contributed by atoms with Crippen LogP contribution in [0.25, 0.3) is 0 Å². The monoisotopic (exact) mass is 236 g/mol. The number of thiol groups is 1. The van der Waals surface area contributed by atoms with Crippen LogP contribution in [0, 0.1) is 0 Å². The maximum atomic E-state index is 10.4. The molecule has 2 unspecified atom stereocenters. The third-order valence-corrected chi connectivity index (χ3v) is 5.03. The van der Waals surface area contributed by atoms with Crippen LogP contribution >= 0.6 is 12.6 Å². The molecule has 12 heavy (non-hydrogen) atoms. The predicted octanol–water partition coefficient (Wildman–Crippen LogP) is -0.594. The highest BCUT2D eigenvalue weighted by atomic mass is 32.3. The second kappa shape index (κ2) is 3.50. The molecular formula is C3H8O6S3. The Morgan fingerprint density at radius 1 is 1.08 bits per heavy atom. The fourth-order valence-electron chi connectivity index (χ4n) is 0.389. The van der Waals surface area contributed by atoms with Gasteiger partial charge in [0.05, 0.1) is 0 Å². The van der Waals surface area contributed by atoms with E-state index in [9.17, 15) is 16.8 Å². The maximum Gasteiger partial charge on any atom is 0.278 e. The third kappa shape index (κ3) is 3.27. The Morgan fingerprint density at radius 3 is 1.50 bits per heavy atom. The lowest BCUT2D eigenvalue weighted by Crippen LogP contribution is -2.33. The first-order chi connectivity index (χ1) is 5.07. The predicted molar refractivity (Wildman–Crippen MR) is 45.3 cm³/mol. The minimum absolute atomic E-state index is 0.917. The molecule has 74 valence electrons. The molecule has 0 saturated heterocycles. The zero-order valence-electron chi connectivity index (χ0n) is 5.95. The van der Waals surface area contributed by atoms with Crippen molar-refractivity contribution in [3.05, 3.63) is 0 Å². The lowest BCUT2D eigenvalue weighted by molar-refractivity contribution is 0.457. The van der Waals surface area contributed by atoms with E-state index >= 15 is 0 Å². The first-order valence-corrected chi connectivity index (χ1v) is 6.19. The molecule has 0 saturated carbocycles. The Morgan fingerprint density at radius 2 is 1.42 bits per heavy atom. The summed E-state index contributed by atoms with van der Waals surface area (Å²) in [5.41, 5.74) is 0. The van der Waals surface area contributed by atoms with Crippen LogP contribution in [0.3, 0.4) is 0 Å². The van der Waals surface area contributed by atoms with E-state index in [0.717, 1.165) is 6.92 Å². The summed E-state index contributed by atoms with van der Waals surface area (Å²) in [4.78, 5) is 0. The summed E-state index contributed by atoms with van der Waals surface area (Å²) < 4.78 is 56.2. The molecule has 0 rings (SSSR count). The van der Waals surface area contributed by atoms with Gasteiger partial charge < -0.3 is 0 Å². The quantitative estimate of drug-likeness (QED) is 0.446. The van der Waals surface area contributed by atoms with Crippen molar-refractivity contribution in [1.82, 2.24) is 0 Å². The van der Waals surface area contributed by atoms with Crippen molar-refractivity contribution in [2.24, 2.45) is 0 Å². The minimum Gasteiger partial charge on any atom is -0.285 e. The summed E-state index contributed by atoms with van der Waals surface area (Å²) in [7, 11) is -9.06. The molecule has 0 aliphatic rings. The molecule has 0 aliphatic carbocycles. The number of hydrogen-bond donors (Lipinski definition) is 3. The molecule has 6 nitrogen and oxygen atoms in total. The van der Waals surface area contributed by atoms with Gasteiger partial charge in [-0.1, -0.05) is 0 Å². The normalized spacial score (nSPS) is 18.7. The smallest absolute Gasteiger partial charge is 0.278 e. The largest absolute Gasteiger partial charge is 0.285 e. The highest BCUT2D eigenvalue weighted by Gasteiger charge is 2.33. The van der Waals surface area contributed by atoms with Gasteiger partial charge in [-0.15, -0.1) is 0 Å². The fourth-order valence-corrected chi connectivity index (χ4v) is 2.47. The third-order valence-electron chi connectivity index (χ3n) is 1.18. The molecule has 2 atom stereocenters. The molecule has 0 aromatic carbocycles. The second-order valence-corrected chi connectivity index (χ2v) is 6.34. The second-order valence-electron chi connectivity index (χ2n) is 2.13. The van der Waals surface area contributed by atoms with Gasteiger partial charge in [0.15, 0.2) is 0 Å². The van der Waals surface area contributed by atoms with Crippen LogP contribution in [0.15, 0.2) is 0 Å². The van der Waals surface area contributed by atoms with Gasteiger partial charge >= 0.3 is 0 Å². The Balaban J connectivity index is 4.89. The van der Waals surface area contributed by atoms with E-state index in [4.69, 9.17) is 9.11 Å². The van der Waals surface area contributed by atoms with Gasteiger partial charge in [-0.25, -0.2) is 0 Å². The van der Waals surface area contributed by atoms with Gasteiger partial charge in [0.2, 0.25) is 0 Å². The van der Waals surface area contributed by atoms with E-state index < -0.39 is 30.1 Å². The standard InChI is InChI=1S/C3H8O6S3/c1-2(11(4,5)6)3(10)12(7,8)9/h2-3,10H,1H3,(H,4,5,6)(H,7,8,9). The molecule has 0 spiro atoms. The van der Waals surface area contributed by atoms with Crippen molar-refractivity contribution in [3.8, 4) is 0 Å². The van der Waals surface area contributed by atoms with E-state index in [-0.39, 0.29) is 0 Å². The molecule has 0 aromatic heterocycles. The van der Waals surface area contributed by atoms with Crippen LogP contribution in [0.1, 0.15) is 6.92 Å². The molecule has 0 fully saturated rings. The topological polar surface area (TPSA) is 109 Å². The van der Waals surface area contributed by atoms with Crippen molar-refractivity contribution in [1.29, 1.82) is 0 Å². The minimum atomic E-state index is -4.56. The van der Waals surface area contributed by atoms with Crippen molar-refractivity contribution < 1.29 is 25.9 Å². The number of rotatable bonds is 3. The summed E-state index contributed by atoms with van der Waals surface area (Å²) in [5, 5.41) is -1.67. The van der Waals surface area contributed by atoms with Crippen molar-refractivity contribution in [2.75, 3.05) is 0 Å². The van der Waals surface area contributed by atoms with Crippen LogP contribution in [0.5, 0.6) is 0 Å². The van der Waals surface area contributed by atoms with Crippen molar-refractivity contribution in [3.63, 3.8) is 0 Å². The van der Waals surface area contributed by atoms with Crippen LogP contribution in [0.4, 0.5) is 0 Å². The molecule has 2 N–H and O–H groups in total. The zero-order valence-corrected chi connectivity index (χ0v) is 8.47. The van der Waals surface area contributed by atoms with Crippen molar-refractivity contribution >= 4 is 32.9 Å². The van der Waals surface area contributed by atoms with Crippen LogP contribution in [-0.4, -0.2) is 35.8 Å². The Bertz CT molecular complexity index is 302. The summed E-state index contributed by atoms with van der Waals surface area (Å²) >= 11 is 3.32. The van der Waals surface area contributed by atoms with E-state index in [2.05, 4.69) is 12.6 Å². The summed E-state index contributed by atoms with van der Waals surface area (Å²) in [6.45, 7) is 0.917. The summed E-state index contributed by atoms with van der Waals surface area (Å²) in [6, 6.07) is 0. The Kier molecular flexibility index (Phi) is 3.55. The van der Waals surface area contributed by atoms with Gasteiger partial charge in [0, 0.05) is 0 Å². The Labute approximate surface area is 75.9 Å². The van der Waals surface area contributed by atoms with Gasteiger partial charge in [-0.2, -0.15) is 29.5 Å². The van der Waals surface area contributed by atoms with E-state index in [1.54, 1.807) is 0 Å². The van der Waals surface area contributed by atoms with Crippen LogP contribution < -0.4 is 0 Å². The average Bonchev–Trinajstić information content (AvgIpc) is 1.80. The summed E-state index contributed by atoms with van der Waals surface area (Å²) in [5.74, 6) is 0. The van der Waals surface area contributed by atoms with E-state index in [1.165, 1.54) is 0 Å². The molecular weight excluding hydrogens is 228 g/mol. The molecule has 0 aromatic rings. The van der Waals surface area contributed by atoms with Gasteiger partial charge in [-0.05, 0) is 6.92 Å². The van der Waals surface area contributed by atoms with Crippen LogP contribution in [-0.2, 0) is 20.2 Å². The van der Waals surface area contributed by atoms with Crippen molar-refractivity contribution in [2.45, 2.75) is 16.8 Å². The molecule has 0 bridgehead atoms. The van der Waals surface area contributed by atoms with Crippen LogP contribution in [0.2, 0.25) is 0 Å². The summed E-state index contributed by atoms with van der Waals surface area (Å²) in [6.07, 6.45) is 0. The SMILES string of the molecule is CC(C(S)S(=O)(=O)O)S(=O)(=O)O. The Hall–Kier alpha value is 0.170. The lowest BCUT2D eigenvalue weighted by atomic mass is 10.5. The van der Waals surface area contributed by atoms with E-state index in [1.807, 2.05) is 0 Å². The van der Waals surface area contributed by atoms with Gasteiger partial charge in [0.25, 0.3) is 20.2 Å². The molecule has 0 aliphatic heterocycles. The molecule has 0 radical (unpaired) electrons. The highest BCUT2D eigenvalue weighted by molar-refractivity contribution is 8.03. The molecule has 0 heterocycles. The van der Waals surface area contributed by atoms with Gasteiger partial charge in [-0.3, -0.25) is 9.11 Å². The fraction of sp³-hybridized carbons (Fsp3) is 1.00. The van der Waals surface area contributed by atoms with Gasteiger partial charge in [0.1, 0.15) is 9.83 Å².